The van der Waals surface area contributed by atoms with E-state index in [1.54, 1.807) is 36.4 Å². The van der Waals surface area contributed by atoms with Crippen molar-refractivity contribution in [2.45, 2.75) is 38.6 Å². The minimum Gasteiger partial charge on any atom is -0.467 e. The number of hydrogen-bond acceptors (Lipinski definition) is 5. The van der Waals surface area contributed by atoms with E-state index in [1.807, 2.05) is 0 Å². The summed E-state index contributed by atoms with van der Waals surface area (Å²) < 4.78 is 10.4. The van der Waals surface area contributed by atoms with Gasteiger partial charge in [-0.15, -0.1) is 0 Å². The molecule has 2 aliphatic rings. The molecule has 7 nitrogen and oxygen atoms in total. The van der Waals surface area contributed by atoms with Crippen LogP contribution in [0.3, 0.4) is 0 Å². The Bertz CT molecular complexity index is 908. The van der Waals surface area contributed by atoms with Crippen molar-refractivity contribution in [2.24, 2.45) is 17.8 Å². The van der Waals surface area contributed by atoms with Crippen LogP contribution in [0.1, 0.15) is 48.2 Å². The number of esters is 1. The molecule has 0 aliphatic heterocycles. The Morgan fingerprint density at radius 3 is 2.67 bits per heavy atom. The number of amides is 2. The maximum absolute atomic E-state index is 12.5. The van der Waals surface area contributed by atoms with Crippen LogP contribution in [0.25, 0.3) is 0 Å². The minimum absolute atomic E-state index is 0.245. The van der Waals surface area contributed by atoms with Crippen molar-refractivity contribution in [3.8, 4) is 0 Å². The van der Waals surface area contributed by atoms with E-state index in [1.165, 1.54) is 25.5 Å². The molecule has 4 rings (SSSR count). The third kappa shape index (κ3) is 4.90. The summed E-state index contributed by atoms with van der Waals surface area (Å²) in [6.45, 7) is -0.114. The molecule has 0 radical (unpaired) electrons. The number of carbonyl (C=O) groups is 3. The van der Waals surface area contributed by atoms with Crippen LogP contribution in [-0.4, -0.2) is 24.4 Å². The zero-order valence-corrected chi connectivity index (χ0v) is 16.8. The molecule has 30 heavy (non-hydrogen) atoms. The first-order valence-electron chi connectivity index (χ1n) is 10.4. The van der Waals surface area contributed by atoms with Gasteiger partial charge in [-0.1, -0.05) is 18.6 Å². The Hall–Kier alpha value is -3.09. The first kappa shape index (κ1) is 20.2. The van der Waals surface area contributed by atoms with Crippen LogP contribution < -0.4 is 10.6 Å². The molecule has 2 bridgehead atoms. The summed E-state index contributed by atoms with van der Waals surface area (Å²) in [5.74, 6) is 1.31. The van der Waals surface area contributed by atoms with Gasteiger partial charge in [0, 0.05) is 6.42 Å². The number of benzene rings is 1. The first-order valence-corrected chi connectivity index (χ1v) is 10.4. The Kier molecular flexibility index (Phi) is 6.16. The third-order valence-electron chi connectivity index (χ3n) is 6.13. The highest BCUT2D eigenvalue weighted by Crippen LogP contribution is 2.49. The predicted molar refractivity (Wildman–Crippen MR) is 109 cm³/mol. The molecule has 0 spiro atoms. The number of para-hydroxylation sites is 1. The van der Waals surface area contributed by atoms with E-state index in [4.69, 9.17) is 9.15 Å². The molecule has 2 saturated carbocycles. The molecule has 1 aromatic heterocycles. The quantitative estimate of drug-likeness (QED) is 0.649. The van der Waals surface area contributed by atoms with E-state index in [9.17, 15) is 14.4 Å². The number of hydrogen-bond donors (Lipinski definition) is 2. The average molecular weight is 410 g/mol. The van der Waals surface area contributed by atoms with Crippen LogP contribution in [0.5, 0.6) is 0 Å². The van der Waals surface area contributed by atoms with Crippen LogP contribution in [-0.2, 0) is 20.9 Å². The van der Waals surface area contributed by atoms with Crippen molar-refractivity contribution < 1.29 is 23.5 Å². The average Bonchev–Trinajstić information content (AvgIpc) is 3.49. The van der Waals surface area contributed by atoms with Gasteiger partial charge in [-0.2, -0.15) is 0 Å². The molecule has 0 saturated heterocycles. The van der Waals surface area contributed by atoms with E-state index >= 15 is 0 Å². The molecular weight excluding hydrogens is 384 g/mol. The standard InChI is InChI=1S/C23H26N2O5/c26-21(14-30-22(27)12-17-11-15-7-8-16(17)10-15)25-20-6-2-1-5-19(20)23(28)24-13-18-4-3-9-29-18/h1-6,9,15-17H,7-8,10-14H2,(H,24,28)(H,25,26)/t15-,16-,17-/m1/s1. The summed E-state index contributed by atoms with van der Waals surface area (Å²) >= 11 is 0. The van der Waals surface area contributed by atoms with Crippen molar-refractivity contribution in [3.63, 3.8) is 0 Å². The molecule has 2 amide bonds. The molecule has 0 unspecified atom stereocenters. The van der Waals surface area contributed by atoms with Crippen molar-refractivity contribution in [3.05, 3.63) is 54.0 Å². The van der Waals surface area contributed by atoms with Crippen molar-refractivity contribution in [2.75, 3.05) is 11.9 Å². The largest absolute Gasteiger partial charge is 0.467 e. The van der Waals surface area contributed by atoms with Crippen molar-refractivity contribution >= 4 is 23.5 Å². The lowest BCUT2D eigenvalue weighted by Gasteiger charge is -2.20. The van der Waals surface area contributed by atoms with Gasteiger partial charge in [0.05, 0.1) is 24.1 Å². The molecule has 7 heteroatoms. The summed E-state index contributed by atoms with van der Waals surface area (Å²) in [6.07, 6.45) is 6.76. The Labute approximate surface area is 175 Å². The fraction of sp³-hybridized carbons (Fsp3) is 0.435. The first-order chi connectivity index (χ1) is 14.6. The maximum Gasteiger partial charge on any atom is 0.306 e. The molecule has 1 aromatic carbocycles. The zero-order valence-electron chi connectivity index (χ0n) is 16.8. The van der Waals surface area contributed by atoms with Crippen LogP contribution in [0.4, 0.5) is 5.69 Å². The maximum atomic E-state index is 12.5. The lowest BCUT2D eigenvalue weighted by atomic mass is 9.86. The van der Waals surface area contributed by atoms with Gasteiger partial charge < -0.3 is 19.8 Å². The lowest BCUT2D eigenvalue weighted by Crippen LogP contribution is -2.26. The molecular formula is C23H26N2O5. The topological polar surface area (TPSA) is 97.6 Å². The number of fused-ring (bicyclic) bond motifs is 2. The Morgan fingerprint density at radius 2 is 1.93 bits per heavy atom. The van der Waals surface area contributed by atoms with Crippen molar-refractivity contribution in [1.82, 2.24) is 5.32 Å². The molecule has 2 aromatic rings. The van der Waals surface area contributed by atoms with E-state index < -0.39 is 5.91 Å². The summed E-state index contributed by atoms with van der Waals surface area (Å²) in [6, 6.07) is 10.2. The summed E-state index contributed by atoms with van der Waals surface area (Å²) in [4.78, 5) is 36.9. The molecule has 2 aliphatic carbocycles. The smallest absolute Gasteiger partial charge is 0.306 e. The van der Waals surface area contributed by atoms with E-state index in [2.05, 4.69) is 10.6 Å². The fourth-order valence-electron chi connectivity index (χ4n) is 4.70. The Balaban J connectivity index is 1.25. The number of carbonyl (C=O) groups excluding carboxylic acids is 3. The monoisotopic (exact) mass is 410 g/mol. The molecule has 1 heterocycles. The highest BCUT2D eigenvalue weighted by atomic mass is 16.5. The fourth-order valence-corrected chi connectivity index (χ4v) is 4.70. The second kappa shape index (κ2) is 9.15. The number of anilines is 1. The van der Waals surface area contributed by atoms with Gasteiger partial charge in [0.1, 0.15) is 5.76 Å². The van der Waals surface area contributed by atoms with Gasteiger partial charge >= 0.3 is 5.97 Å². The molecule has 2 fully saturated rings. The van der Waals surface area contributed by atoms with Crippen LogP contribution >= 0.6 is 0 Å². The molecule has 158 valence electrons. The number of furan rings is 1. The number of ether oxygens (including phenoxy) is 1. The minimum atomic E-state index is -0.470. The number of nitrogens with one attached hydrogen (secondary N) is 2. The van der Waals surface area contributed by atoms with Crippen LogP contribution in [0, 0.1) is 17.8 Å². The van der Waals surface area contributed by atoms with Crippen LogP contribution in [0.15, 0.2) is 47.1 Å². The lowest BCUT2D eigenvalue weighted by molar-refractivity contribution is -0.148. The third-order valence-corrected chi connectivity index (χ3v) is 6.13. The SMILES string of the molecule is O=C(COC(=O)C[C@H]1C[C@@H]2CC[C@@H]1C2)Nc1ccccc1C(=O)NCc1ccco1. The highest BCUT2D eigenvalue weighted by Gasteiger charge is 2.40. The van der Waals surface area contributed by atoms with Gasteiger partial charge in [-0.3, -0.25) is 14.4 Å². The Morgan fingerprint density at radius 1 is 1.07 bits per heavy atom. The molecule has 2 N–H and O–H groups in total. The van der Waals surface area contributed by atoms with Gasteiger partial charge in [0.15, 0.2) is 6.61 Å². The predicted octanol–water partition coefficient (Wildman–Crippen LogP) is 3.52. The molecule has 3 atom stereocenters. The summed E-state index contributed by atoms with van der Waals surface area (Å²) in [5.41, 5.74) is 0.689. The van der Waals surface area contributed by atoms with E-state index in [-0.39, 0.29) is 25.0 Å². The van der Waals surface area contributed by atoms with Gasteiger partial charge in [0.2, 0.25) is 0 Å². The summed E-state index contributed by atoms with van der Waals surface area (Å²) in [7, 11) is 0. The zero-order chi connectivity index (χ0) is 20.9. The second-order valence-corrected chi connectivity index (χ2v) is 8.16. The second-order valence-electron chi connectivity index (χ2n) is 8.16. The van der Waals surface area contributed by atoms with Gasteiger partial charge in [0.25, 0.3) is 11.8 Å². The van der Waals surface area contributed by atoms with Gasteiger partial charge in [-0.25, -0.2) is 0 Å². The number of rotatable bonds is 8. The van der Waals surface area contributed by atoms with Crippen LogP contribution in [0.2, 0.25) is 0 Å². The van der Waals surface area contributed by atoms with E-state index in [0.717, 1.165) is 12.3 Å². The summed E-state index contributed by atoms with van der Waals surface area (Å²) in [5, 5.41) is 5.41. The van der Waals surface area contributed by atoms with Gasteiger partial charge in [-0.05, 0) is 61.3 Å². The highest BCUT2D eigenvalue weighted by molar-refractivity contribution is 6.04. The van der Waals surface area contributed by atoms with Crippen molar-refractivity contribution in [1.29, 1.82) is 0 Å². The normalized spacial score (nSPS) is 21.9. The van der Waals surface area contributed by atoms with E-state index in [0.29, 0.717) is 35.3 Å².